The molecule has 1 aliphatic rings. The van der Waals surface area contributed by atoms with Crippen LogP contribution in [0.15, 0.2) is 40.9 Å². The van der Waals surface area contributed by atoms with Gasteiger partial charge in [0.25, 0.3) is 11.6 Å². The summed E-state index contributed by atoms with van der Waals surface area (Å²) in [5, 5.41) is 13.7. The molecule has 0 saturated heterocycles. The molecule has 8 heteroatoms. The Kier molecular flexibility index (Phi) is 4.66. The molecule has 0 bridgehead atoms. The van der Waals surface area contributed by atoms with Crippen LogP contribution in [0.25, 0.3) is 0 Å². The summed E-state index contributed by atoms with van der Waals surface area (Å²) >= 11 is 3.09. The Morgan fingerprint density at radius 3 is 2.62 bits per heavy atom. The number of nitrogens with zero attached hydrogens (tertiary/aromatic N) is 1. The third kappa shape index (κ3) is 3.48. The largest absolute Gasteiger partial charge is 0.490 e. The van der Waals surface area contributed by atoms with Crippen LogP contribution in [-0.2, 0) is 0 Å². The Bertz CT molecular complexity index is 809. The lowest BCUT2D eigenvalue weighted by Crippen LogP contribution is -2.12. The summed E-state index contributed by atoms with van der Waals surface area (Å²) in [4.78, 5) is 22.7. The van der Waals surface area contributed by atoms with Crippen LogP contribution in [-0.4, -0.2) is 24.0 Å². The third-order valence-corrected chi connectivity index (χ3v) is 4.08. The first-order chi connectivity index (χ1) is 11.5. The van der Waals surface area contributed by atoms with Crippen LogP contribution >= 0.6 is 15.9 Å². The molecule has 3 rings (SSSR count). The molecule has 1 amide bonds. The highest BCUT2D eigenvalue weighted by Crippen LogP contribution is 2.32. The molecule has 0 aliphatic carbocycles. The maximum absolute atomic E-state index is 12.3. The van der Waals surface area contributed by atoms with Crippen LogP contribution < -0.4 is 14.8 Å². The van der Waals surface area contributed by atoms with E-state index in [-0.39, 0.29) is 11.3 Å². The highest BCUT2D eigenvalue weighted by Gasteiger charge is 2.17. The summed E-state index contributed by atoms with van der Waals surface area (Å²) in [5.41, 5.74) is 0.549. The van der Waals surface area contributed by atoms with E-state index in [4.69, 9.17) is 9.47 Å². The van der Waals surface area contributed by atoms with Crippen molar-refractivity contribution in [2.24, 2.45) is 0 Å². The minimum atomic E-state index is -0.547. The molecule has 0 radical (unpaired) electrons. The summed E-state index contributed by atoms with van der Waals surface area (Å²) < 4.78 is 11.4. The van der Waals surface area contributed by atoms with Crippen molar-refractivity contribution in [1.29, 1.82) is 0 Å². The van der Waals surface area contributed by atoms with Gasteiger partial charge in [-0.2, -0.15) is 0 Å². The van der Waals surface area contributed by atoms with Crippen LogP contribution in [0.3, 0.4) is 0 Å². The van der Waals surface area contributed by atoms with Crippen molar-refractivity contribution >= 4 is 33.2 Å². The molecule has 1 aliphatic heterocycles. The van der Waals surface area contributed by atoms with Crippen LogP contribution in [0.4, 0.5) is 11.4 Å². The van der Waals surface area contributed by atoms with Crippen molar-refractivity contribution in [1.82, 2.24) is 0 Å². The SMILES string of the molecule is O=C(Nc1ccc2c(c1)OCCCO2)c1ccc(Br)c([N+](=O)[O-])c1. The molecule has 0 atom stereocenters. The van der Waals surface area contributed by atoms with Gasteiger partial charge in [0, 0.05) is 29.8 Å². The van der Waals surface area contributed by atoms with Gasteiger partial charge in [-0.05, 0) is 40.2 Å². The predicted octanol–water partition coefficient (Wildman–Crippen LogP) is 3.77. The molecule has 7 nitrogen and oxygen atoms in total. The predicted molar refractivity (Wildman–Crippen MR) is 90.8 cm³/mol. The average Bonchev–Trinajstić information content (AvgIpc) is 2.79. The van der Waals surface area contributed by atoms with Gasteiger partial charge in [-0.15, -0.1) is 0 Å². The summed E-state index contributed by atoms with van der Waals surface area (Å²) in [6.45, 7) is 1.13. The topological polar surface area (TPSA) is 90.7 Å². The molecule has 24 heavy (non-hydrogen) atoms. The molecule has 0 unspecified atom stereocenters. The number of benzene rings is 2. The summed E-state index contributed by atoms with van der Waals surface area (Å²) in [7, 11) is 0. The van der Waals surface area contributed by atoms with Crippen LogP contribution in [0.5, 0.6) is 11.5 Å². The number of carbonyl (C=O) groups excluding carboxylic acids is 1. The number of hydrogen-bond donors (Lipinski definition) is 1. The normalized spacial score (nSPS) is 13.0. The van der Waals surface area contributed by atoms with Crippen LogP contribution in [0, 0.1) is 10.1 Å². The lowest BCUT2D eigenvalue weighted by atomic mass is 10.2. The molecular formula is C16H13BrN2O5. The number of nitro groups is 1. The number of carbonyl (C=O) groups is 1. The fourth-order valence-corrected chi connectivity index (χ4v) is 2.63. The smallest absolute Gasteiger partial charge is 0.284 e. The van der Waals surface area contributed by atoms with Crippen molar-refractivity contribution in [2.75, 3.05) is 18.5 Å². The van der Waals surface area contributed by atoms with Crippen LogP contribution in [0.1, 0.15) is 16.8 Å². The zero-order valence-corrected chi connectivity index (χ0v) is 14.0. The van der Waals surface area contributed by atoms with Gasteiger partial charge >= 0.3 is 0 Å². The van der Waals surface area contributed by atoms with E-state index in [1.54, 1.807) is 18.2 Å². The van der Waals surface area contributed by atoms with Crippen molar-refractivity contribution in [3.63, 3.8) is 0 Å². The minimum absolute atomic E-state index is 0.165. The van der Waals surface area contributed by atoms with Crippen molar-refractivity contribution < 1.29 is 19.2 Å². The number of nitrogens with one attached hydrogen (secondary N) is 1. The van der Waals surface area contributed by atoms with Crippen LogP contribution in [0.2, 0.25) is 0 Å². The Labute approximate surface area is 145 Å². The Hall–Kier alpha value is -2.61. The molecule has 0 saturated carbocycles. The third-order valence-electron chi connectivity index (χ3n) is 3.41. The second-order valence-electron chi connectivity index (χ2n) is 5.09. The van der Waals surface area contributed by atoms with Gasteiger partial charge in [0.05, 0.1) is 22.6 Å². The molecule has 2 aromatic rings. The number of nitro benzene ring substituents is 1. The Morgan fingerprint density at radius 2 is 1.88 bits per heavy atom. The number of anilines is 1. The van der Waals surface area contributed by atoms with Gasteiger partial charge in [-0.3, -0.25) is 14.9 Å². The van der Waals surface area contributed by atoms with Crippen molar-refractivity contribution in [2.45, 2.75) is 6.42 Å². The highest BCUT2D eigenvalue weighted by atomic mass is 79.9. The Morgan fingerprint density at radius 1 is 1.12 bits per heavy atom. The number of amides is 1. The first-order valence-corrected chi connectivity index (χ1v) is 7.99. The highest BCUT2D eigenvalue weighted by molar-refractivity contribution is 9.10. The lowest BCUT2D eigenvalue weighted by Gasteiger charge is -2.10. The van der Waals surface area contributed by atoms with Gasteiger partial charge in [-0.1, -0.05) is 0 Å². The number of hydrogen-bond acceptors (Lipinski definition) is 5. The second kappa shape index (κ2) is 6.88. The fraction of sp³-hybridized carbons (Fsp3) is 0.188. The first kappa shape index (κ1) is 16.3. The van der Waals surface area contributed by atoms with Gasteiger partial charge in [0.1, 0.15) is 0 Å². The molecule has 124 valence electrons. The summed E-state index contributed by atoms with van der Waals surface area (Å²) in [6, 6.07) is 9.30. The average molecular weight is 393 g/mol. The second-order valence-corrected chi connectivity index (χ2v) is 5.94. The number of halogens is 1. The molecule has 0 fully saturated rings. The van der Waals surface area contributed by atoms with E-state index in [0.717, 1.165) is 6.42 Å². The zero-order chi connectivity index (χ0) is 17.1. The first-order valence-electron chi connectivity index (χ1n) is 7.19. The van der Waals surface area contributed by atoms with Gasteiger partial charge in [0.15, 0.2) is 11.5 Å². The quantitative estimate of drug-likeness (QED) is 0.633. The molecular weight excluding hydrogens is 380 g/mol. The number of fused-ring (bicyclic) bond motifs is 1. The molecule has 2 aromatic carbocycles. The number of ether oxygens (including phenoxy) is 2. The minimum Gasteiger partial charge on any atom is -0.490 e. The van der Waals surface area contributed by atoms with E-state index < -0.39 is 10.8 Å². The number of rotatable bonds is 3. The van der Waals surface area contributed by atoms with E-state index in [1.165, 1.54) is 18.2 Å². The van der Waals surface area contributed by atoms with Crippen molar-refractivity contribution in [3.8, 4) is 11.5 Å². The molecule has 1 N–H and O–H groups in total. The summed E-state index contributed by atoms with van der Waals surface area (Å²) in [6.07, 6.45) is 0.791. The maximum atomic E-state index is 12.3. The standard InChI is InChI=1S/C16H13BrN2O5/c17-12-4-2-10(8-13(12)19(21)22)16(20)18-11-3-5-14-15(9-11)24-7-1-6-23-14/h2-5,8-9H,1,6-7H2,(H,18,20). The fourth-order valence-electron chi connectivity index (χ4n) is 2.24. The van der Waals surface area contributed by atoms with Crippen molar-refractivity contribution in [3.05, 3.63) is 56.5 Å². The lowest BCUT2D eigenvalue weighted by molar-refractivity contribution is -0.385. The van der Waals surface area contributed by atoms with Gasteiger partial charge in [0.2, 0.25) is 0 Å². The molecule has 0 spiro atoms. The van der Waals surface area contributed by atoms with E-state index in [2.05, 4.69) is 21.2 Å². The maximum Gasteiger partial charge on any atom is 0.284 e. The van der Waals surface area contributed by atoms with E-state index in [0.29, 0.717) is 34.9 Å². The monoisotopic (exact) mass is 392 g/mol. The Balaban J connectivity index is 1.81. The molecule has 0 aromatic heterocycles. The van der Waals surface area contributed by atoms with E-state index in [1.807, 2.05) is 0 Å². The van der Waals surface area contributed by atoms with E-state index in [9.17, 15) is 14.9 Å². The van der Waals surface area contributed by atoms with Gasteiger partial charge in [-0.25, -0.2) is 0 Å². The molecule has 1 heterocycles. The zero-order valence-electron chi connectivity index (χ0n) is 12.5. The van der Waals surface area contributed by atoms with Gasteiger partial charge < -0.3 is 14.8 Å². The van der Waals surface area contributed by atoms with E-state index >= 15 is 0 Å². The summed E-state index contributed by atoms with van der Waals surface area (Å²) in [5.74, 6) is 0.747.